The minimum atomic E-state index is -0.697. The number of rotatable bonds is 1. The Balaban J connectivity index is 1.54. The maximum Gasteiger partial charge on any atom is 0.231 e. The van der Waals surface area contributed by atoms with Gasteiger partial charge in [0.1, 0.15) is 12.3 Å². The molecule has 0 saturated carbocycles. The van der Waals surface area contributed by atoms with E-state index in [9.17, 15) is 4.79 Å². The van der Waals surface area contributed by atoms with Gasteiger partial charge in [0.05, 0.1) is 23.0 Å². The van der Waals surface area contributed by atoms with Gasteiger partial charge in [0.25, 0.3) is 0 Å². The van der Waals surface area contributed by atoms with Gasteiger partial charge >= 0.3 is 0 Å². The Morgan fingerprint density at radius 1 is 0.912 bits per heavy atom. The van der Waals surface area contributed by atoms with E-state index in [4.69, 9.17) is 9.47 Å². The summed E-state index contributed by atoms with van der Waals surface area (Å²) >= 11 is 0. The van der Waals surface area contributed by atoms with Crippen LogP contribution in [0.4, 0.5) is 11.4 Å². The average molecular weight is 460 g/mol. The molecular weight excluding hydrogens is 426 g/mol. The lowest BCUT2D eigenvalue weighted by Gasteiger charge is -2.55. The molecule has 6 aliphatic rings. The number of amides is 1. The van der Waals surface area contributed by atoms with E-state index in [1.54, 1.807) is 0 Å². The van der Waals surface area contributed by atoms with Gasteiger partial charge in [-0.15, -0.1) is 0 Å². The van der Waals surface area contributed by atoms with E-state index in [0.29, 0.717) is 0 Å². The Kier molecular flexibility index (Phi) is 3.76. The molecule has 2 saturated heterocycles. The Morgan fingerprint density at radius 2 is 1.59 bits per heavy atom. The van der Waals surface area contributed by atoms with Crippen LogP contribution in [0.1, 0.15) is 62.8 Å². The lowest BCUT2D eigenvalue weighted by Crippen LogP contribution is -2.64. The van der Waals surface area contributed by atoms with Gasteiger partial charge in [-0.25, -0.2) is 0 Å². The number of ether oxygens (including phenoxy) is 2. The maximum atomic E-state index is 14.6. The first-order chi connectivity index (χ1) is 16.1. The number of piperidine rings is 1. The third-order valence-corrected chi connectivity index (χ3v) is 9.10. The molecule has 2 bridgehead atoms. The molecule has 6 nitrogen and oxygen atoms in total. The summed E-state index contributed by atoms with van der Waals surface area (Å²) in [7, 11) is 4.38. The first-order valence-electron chi connectivity index (χ1n) is 12.4. The number of nitrogens with zero attached hydrogens (tertiary/aromatic N) is 3. The van der Waals surface area contributed by atoms with Crippen LogP contribution in [0.15, 0.2) is 42.5 Å². The van der Waals surface area contributed by atoms with Crippen LogP contribution in [0.5, 0.6) is 0 Å². The second-order valence-corrected chi connectivity index (χ2v) is 11.7. The third kappa shape index (κ3) is 2.22. The summed E-state index contributed by atoms with van der Waals surface area (Å²) in [5.41, 5.74) is 5.31. The minimum absolute atomic E-state index is 0.0959. The van der Waals surface area contributed by atoms with Crippen LogP contribution in [0.25, 0.3) is 0 Å². The van der Waals surface area contributed by atoms with Crippen LogP contribution in [-0.4, -0.2) is 55.1 Å². The summed E-state index contributed by atoms with van der Waals surface area (Å²) in [6.07, 6.45) is 0.777. The number of anilines is 2. The van der Waals surface area contributed by atoms with Gasteiger partial charge in [-0.2, -0.15) is 0 Å². The topological polar surface area (TPSA) is 45.3 Å². The zero-order chi connectivity index (χ0) is 23.8. The van der Waals surface area contributed by atoms with E-state index in [1.165, 1.54) is 16.8 Å². The van der Waals surface area contributed by atoms with Crippen molar-refractivity contribution in [3.8, 4) is 0 Å². The van der Waals surface area contributed by atoms with Crippen molar-refractivity contribution in [3.05, 3.63) is 59.2 Å². The number of fused-ring (bicyclic) bond motifs is 2. The molecule has 178 valence electrons. The number of carbonyl (C=O) groups excluding carboxylic acids is 1. The predicted octanol–water partition coefficient (Wildman–Crippen LogP) is 4.15. The van der Waals surface area contributed by atoms with E-state index < -0.39 is 11.4 Å². The van der Waals surface area contributed by atoms with Crippen molar-refractivity contribution in [2.75, 3.05) is 30.4 Å². The SMILES string of the molecule is CN1c2ccccc2[C@H]2C(=O)N3CC[C@@]24c2c(cccc2N(C)[C@@H]14)[C@H]3[C@@H]1OC(C)(C)OC1(C)C. The summed E-state index contributed by atoms with van der Waals surface area (Å²) < 4.78 is 13.0. The van der Waals surface area contributed by atoms with Gasteiger partial charge in [0.15, 0.2) is 5.79 Å². The molecule has 6 heterocycles. The molecule has 2 aromatic rings. The second-order valence-electron chi connectivity index (χ2n) is 11.7. The molecular formula is C28H33N3O3. The number of carbonyl (C=O) groups is 1. The molecule has 34 heavy (non-hydrogen) atoms. The highest BCUT2D eigenvalue weighted by Gasteiger charge is 2.68. The fourth-order valence-electron chi connectivity index (χ4n) is 8.28. The molecule has 2 aromatic carbocycles. The van der Waals surface area contributed by atoms with Crippen LogP contribution in [-0.2, 0) is 19.7 Å². The van der Waals surface area contributed by atoms with Crippen molar-refractivity contribution >= 4 is 17.3 Å². The van der Waals surface area contributed by atoms with Crippen LogP contribution >= 0.6 is 0 Å². The zero-order valence-corrected chi connectivity index (χ0v) is 20.8. The smallest absolute Gasteiger partial charge is 0.231 e. The van der Waals surface area contributed by atoms with Gasteiger partial charge in [-0.05, 0) is 62.9 Å². The van der Waals surface area contributed by atoms with Crippen LogP contribution in [0.3, 0.4) is 0 Å². The van der Waals surface area contributed by atoms with E-state index in [0.717, 1.165) is 24.2 Å². The lowest BCUT2D eigenvalue weighted by molar-refractivity contribution is -0.164. The number of benzene rings is 2. The molecule has 0 aliphatic carbocycles. The third-order valence-electron chi connectivity index (χ3n) is 9.10. The van der Waals surface area contributed by atoms with E-state index in [-0.39, 0.29) is 35.6 Å². The summed E-state index contributed by atoms with van der Waals surface area (Å²) in [4.78, 5) is 21.5. The summed E-state index contributed by atoms with van der Waals surface area (Å²) in [6, 6.07) is 14.9. The highest BCUT2D eigenvalue weighted by Crippen LogP contribution is 2.66. The van der Waals surface area contributed by atoms with E-state index >= 15 is 0 Å². The van der Waals surface area contributed by atoms with Crippen LogP contribution in [0, 0.1) is 0 Å². The molecule has 6 heteroatoms. The lowest BCUT2D eigenvalue weighted by atomic mass is 9.60. The monoisotopic (exact) mass is 459 g/mol. The zero-order valence-electron chi connectivity index (χ0n) is 20.8. The fraction of sp³-hybridized carbons (Fsp3) is 0.536. The molecule has 0 aromatic heterocycles. The largest absolute Gasteiger partial charge is 0.353 e. The summed E-state index contributed by atoms with van der Waals surface area (Å²) in [6.45, 7) is 8.88. The molecule has 5 atom stereocenters. The van der Waals surface area contributed by atoms with Crippen molar-refractivity contribution in [2.24, 2.45) is 0 Å². The Hall–Kier alpha value is -2.57. The Labute approximate surface area is 201 Å². The molecule has 0 radical (unpaired) electrons. The first kappa shape index (κ1) is 20.8. The fourth-order valence-corrected chi connectivity index (χ4v) is 8.28. The molecule has 8 rings (SSSR count). The molecule has 0 unspecified atom stereocenters. The second kappa shape index (κ2) is 6.16. The Bertz CT molecular complexity index is 1240. The van der Waals surface area contributed by atoms with Gasteiger partial charge < -0.3 is 24.2 Å². The standard InChI is InChI=1S/C28H33N3O3/c1-26(2)23(33-27(3,4)34-26)22-17-11-9-13-19-20(17)28-14-15-31(22)24(32)21(28)16-10-7-8-12-18(16)29(5)25(28)30(19)6/h7-13,21-23,25H,14-15H2,1-6H3/t21-,22-,23-,25+,28+/m0/s1. The number of likely N-dealkylation sites (N-methyl/N-ethyl adjacent to an activating group) is 2. The van der Waals surface area contributed by atoms with Crippen molar-refractivity contribution in [1.29, 1.82) is 0 Å². The molecule has 0 N–H and O–H groups in total. The van der Waals surface area contributed by atoms with Crippen molar-refractivity contribution in [2.45, 2.75) is 75.1 Å². The summed E-state index contributed by atoms with van der Waals surface area (Å²) in [5.74, 6) is -0.673. The highest BCUT2D eigenvalue weighted by atomic mass is 16.8. The average Bonchev–Trinajstić information content (AvgIpc) is 3.05. The maximum absolute atomic E-state index is 14.6. The highest BCUT2D eigenvalue weighted by molar-refractivity contribution is 5.94. The van der Waals surface area contributed by atoms with Crippen molar-refractivity contribution in [1.82, 2.24) is 4.90 Å². The Morgan fingerprint density at radius 3 is 2.32 bits per heavy atom. The predicted molar refractivity (Wildman–Crippen MR) is 131 cm³/mol. The number of hydrogen-bond acceptors (Lipinski definition) is 5. The van der Waals surface area contributed by atoms with Gasteiger partial charge in [-0.3, -0.25) is 4.79 Å². The molecule has 2 fully saturated rings. The van der Waals surface area contributed by atoms with E-state index in [2.05, 4.69) is 85.1 Å². The summed E-state index contributed by atoms with van der Waals surface area (Å²) in [5, 5.41) is 0. The van der Waals surface area contributed by atoms with Crippen molar-refractivity contribution < 1.29 is 14.3 Å². The molecule has 1 spiro atoms. The normalized spacial score (nSPS) is 35.9. The van der Waals surface area contributed by atoms with Crippen LogP contribution < -0.4 is 9.80 Å². The quantitative estimate of drug-likeness (QED) is 0.641. The molecule has 1 amide bonds. The molecule has 6 aliphatic heterocycles. The van der Waals surface area contributed by atoms with Gasteiger partial charge in [-0.1, -0.05) is 30.3 Å². The number of para-hydroxylation sites is 1. The van der Waals surface area contributed by atoms with Crippen molar-refractivity contribution in [3.63, 3.8) is 0 Å². The minimum Gasteiger partial charge on any atom is -0.353 e. The van der Waals surface area contributed by atoms with Gasteiger partial charge in [0, 0.05) is 32.0 Å². The van der Waals surface area contributed by atoms with Crippen LogP contribution in [0.2, 0.25) is 0 Å². The van der Waals surface area contributed by atoms with Gasteiger partial charge in [0.2, 0.25) is 5.91 Å². The van der Waals surface area contributed by atoms with E-state index in [1.807, 2.05) is 13.8 Å². The first-order valence-corrected chi connectivity index (χ1v) is 12.4. The number of hydrogen-bond donors (Lipinski definition) is 0.